The number of carbonyl (C=O) groups is 1. The fourth-order valence-corrected chi connectivity index (χ4v) is 1.49. The highest BCUT2D eigenvalue weighted by Gasteiger charge is 2.19. The van der Waals surface area contributed by atoms with Crippen molar-refractivity contribution in [2.45, 2.75) is 19.3 Å². The quantitative estimate of drug-likeness (QED) is 0.567. The van der Waals surface area contributed by atoms with Crippen LogP contribution in [0.4, 0.5) is 0 Å². The third kappa shape index (κ3) is 2.74. The maximum atomic E-state index is 11.5. The Bertz CT molecular complexity index is 285. The molecule has 0 aliphatic heterocycles. The largest absolute Gasteiger partial charge is 0.449 e. The Morgan fingerprint density at radius 3 is 2.57 bits per heavy atom. The molecule has 0 radical (unpaired) electrons. The topological polar surface area (TPSA) is 26.3 Å². The van der Waals surface area contributed by atoms with Crippen molar-refractivity contribution in [3.05, 3.63) is 35.9 Å². The van der Waals surface area contributed by atoms with Crippen molar-refractivity contribution < 1.29 is 9.53 Å². The van der Waals surface area contributed by atoms with Gasteiger partial charge in [-0.15, -0.1) is 0 Å². The maximum Gasteiger partial charge on any atom is 0.314 e. The predicted molar refractivity (Wildman–Crippen MR) is 56.3 cm³/mol. The number of esters is 1. The van der Waals surface area contributed by atoms with Gasteiger partial charge in [0, 0.05) is 0 Å². The standard InChI is InChI=1S/C11H13ClO2/c1-2-10(11(13)14-8-12)9-6-4-3-5-7-9/h3-7,10H,2,8H2,1H3/t10-/m0/s1. The third-order valence-corrected chi connectivity index (χ3v) is 2.20. The Labute approximate surface area is 88.8 Å². The zero-order valence-electron chi connectivity index (χ0n) is 8.07. The lowest BCUT2D eigenvalue weighted by molar-refractivity contribution is -0.143. The van der Waals surface area contributed by atoms with E-state index in [2.05, 4.69) is 0 Å². The van der Waals surface area contributed by atoms with E-state index in [9.17, 15) is 4.79 Å². The number of rotatable bonds is 4. The van der Waals surface area contributed by atoms with Crippen LogP contribution in [0.1, 0.15) is 24.8 Å². The van der Waals surface area contributed by atoms with Crippen LogP contribution in [0.25, 0.3) is 0 Å². The summed E-state index contributed by atoms with van der Waals surface area (Å²) in [5.41, 5.74) is 0.977. The zero-order valence-corrected chi connectivity index (χ0v) is 8.83. The average molecular weight is 213 g/mol. The highest BCUT2D eigenvalue weighted by atomic mass is 35.5. The van der Waals surface area contributed by atoms with Crippen molar-refractivity contribution in [3.63, 3.8) is 0 Å². The fraction of sp³-hybridized carbons (Fsp3) is 0.364. The molecule has 0 aromatic heterocycles. The number of halogens is 1. The molecule has 0 N–H and O–H groups in total. The molecule has 0 bridgehead atoms. The van der Waals surface area contributed by atoms with Crippen LogP contribution in [0.5, 0.6) is 0 Å². The second-order valence-electron chi connectivity index (χ2n) is 2.94. The molecule has 1 atom stereocenters. The van der Waals surface area contributed by atoms with E-state index in [1.807, 2.05) is 37.3 Å². The lowest BCUT2D eigenvalue weighted by Crippen LogP contribution is -2.14. The summed E-state index contributed by atoms with van der Waals surface area (Å²) in [4.78, 5) is 11.5. The second-order valence-corrected chi connectivity index (χ2v) is 3.16. The summed E-state index contributed by atoms with van der Waals surface area (Å²) < 4.78 is 4.78. The summed E-state index contributed by atoms with van der Waals surface area (Å²) in [5, 5.41) is 0. The molecule has 0 spiro atoms. The van der Waals surface area contributed by atoms with E-state index >= 15 is 0 Å². The van der Waals surface area contributed by atoms with Crippen LogP contribution < -0.4 is 0 Å². The van der Waals surface area contributed by atoms with Crippen LogP contribution in [-0.4, -0.2) is 12.0 Å². The number of alkyl halides is 1. The molecule has 1 aromatic rings. The van der Waals surface area contributed by atoms with Gasteiger partial charge in [-0.3, -0.25) is 4.79 Å². The molecule has 2 nitrogen and oxygen atoms in total. The monoisotopic (exact) mass is 212 g/mol. The van der Waals surface area contributed by atoms with Crippen molar-refractivity contribution in [3.8, 4) is 0 Å². The van der Waals surface area contributed by atoms with Crippen molar-refractivity contribution >= 4 is 17.6 Å². The van der Waals surface area contributed by atoms with E-state index in [-0.39, 0.29) is 18.0 Å². The van der Waals surface area contributed by atoms with Gasteiger partial charge < -0.3 is 4.74 Å². The molecule has 0 amide bonds. The molecule has 0 unspecified atom stereocenters. The van der Waals surface area contributed by atoms with Crippen LogP contribution in [0.2, 0.25) is 0 Å². The minimum atomic E-state index is -0.256. The number of hydrogen-bond donors (Lipinski definition) is 0. The first-order valence-electron chi connectivity index (χ1n) is 4.57. The first-order valence-corrected chi connectivity index (χ1v) is 5.10. The van der Waals surface area contributed by atoms with Crippen LogP contribution in [-0.2, 0) is 9.53 Å². The smallest absolute Gasteiger partial charge is 0.314 e. The Balaban J connectivity index is 2.77. The summed E-state index contributed by atoms with van der Waals surface area (Å²) >= 11 is 5.34. The molecule has 0 heterocycles. The van der Waals surface area contributed by atoms with Gasteiger partial charge in [-0.25, -0.2) is 0 Å². The van der Waals surface area contributed by atoms with E-state index in [4.69, 9.17) is 16.3 Å². The number of ether oxygens (including phenoxy) is 1. The number of carbonyl (C=O) groups excluding carboxylic acids is 1. The van der Waals surface area contributed by atoms with Gasteiger partial charge >= 0.3 is 5.97 Å². The Kier molecular flexibility index (Phi) is 4.47. The Morgan fingerprint density at radius 2 is 2.07 bits per heavy atom. The molecule has 76 valence electrons. The van der Waals surface area contributed by atoms with Crippen LogP contribution in [0.3, 0.4) is 0 Å². The van der Waals surface area contributed by atoms with Gasteiger partial charge in [0.2, 0.25) is 0 Å². The Morgan fingerprint density at radius 1 is 1.43 bits per heavy atom. The van der Waals surface area contributed by atoms with E-state index in [0.29, 0.717) is 0 Å². The molecule has 0 aliphatic rings. The van der Waals surface area contributed by atoms with Gasteiger partial charge in [-0.2, -0.15) is 0 Å². The molecule has 0 saturated carbocycles. The van der Waals surface area contributed by atoms with E-state index in [1.54, 1.807) is 0 Å². The summed E-state index contributed by atoms with van der Waals surface area (Å²) in [7, 11) is 0. The van der Waals surface area contributed by atoms with E-state index < -0.39 is 0 Å². The maximum absolute atomic E-state index is 11.5. The van der Waals surface area contributed by atoms with Gasteiger partial charge in [0.05, 0.1) is 5.92 Å². The van der Waals surface area contributed by atoms with Crippen molar-refractivity contribution in [2.75, 3.05) is 6.07 Å². The average Bonchev–Trinajstić information content (AvgIpc) is 2.21. The van der Waals surface area contributed by atoms with Crippen molar-refractivity contribution in [1.82, 2.24) is 0 Å². The van der Waals surface area contributed by atoms with Crippen LogP contribution >= 0.6 is 11.6 Å². The molecule has 0 saturated heterocycles. The van der Waals surface area contributed by atoms with Gasteiger partial charge in [0.15, 0.2) is 6.07 Å². The highest BCUT2D eigenvalue weighted by molar-refractivity contribution is 6.17. The summed E-state index contributed by atoms with van der Waals surface area (Å²) in [6.45, 7) is 1.95. The van der Waals surface area contributed by atoms with E-state index in [1.165, 1.54) is 0 Å². The first kappa shape index (κ1) is 11.1. The lowest BCUT2D eigenvalue weighted by atomic mass is 9.97. The van der Waals surface area contributed by atoms with Crippen molar-refractivity contribution in [1.29, 1.82) is 0 Å². The van der Waals surface area contributed by atoms with Gasteiger partial charge in [-0.1, -0.05) is 48.9 Å². The minimum Gasteiger partial charge on any atom is -0.449 e. The SMILES string of the molecule is CC[C@H](C(=O)OCCl)c1ccccc1. The molecular weight excluding hydrogens is 200 g/mol. The normalized spacial score (nSPS) is 12.1. The van der Waals surface area contributed by atoms with Gasteiger partial charge in [0.25, 0.3) is 0 Å². The van der Waals surface area contributed by atoms with Crippen LogP contribution in [0, 0.1) is 0 Å². The molecule has 1 rings (SSSR count). The molecule has 3 heteroatoms. The first-order chi connectivity index (χ1) is 6.79. The minimum absolute atomic E-state index is 0.0812. The number of hydrogen-bond acceptors (Lipinski definition) is 2. The Hall–Kier alpha value is -1.02. The molecule has 1 aromatic carbocycles. The molecule has 14 heavy (non-hydrogen) atoms. The number of benzene rings is 1. The summed E-state index contributed by atoms with van der Waals surface area (Å²) in [6, 6.07) is 9.50. The fourth-order valence-electron chi connectivity index (χ4n) is 1.38. The highest BCUT2D eigenvalue weighted by Crippen LogP contribution is 2.20. The summed E-state index contributed by atoms with van der Waals surface area (Å²) in [5.74, 6) is -0.455. The van der Waals surface area contributed by atoms with E-state index in [0.717, 1.165) is 12.0 Å². The predicted octanol–water partition coefficient (Wildman–Crippen LogP) is 2.92. The van der Waals surface area contributed by atoms with Crippen LogP contribution in [0.15, 0.2) is 30.3 Å². The molecule has 0 aliphatic carbocycles. The zero-order chi connectivity index (χ0) is 10.4. The molecule has 0 fully saturated rings. The van der Waals surface area contributed by atoms with Gasteiger partial charge in [0.1, 0.15) is 0 Å². The third-order valence-electron chi connectivity index (χ3n) is 2.09. The summed E-state index contributed by atoms with van der Waals surface area (Å²) in [6.07, 6.45) is 0.722. The molecular formula is C11H13ClO2. The second kappa shape index (κ2) is 5.66. The van der Waals surface area contributed by atoms with Crippen molar-refractivity contribution in [2.24, 2.45) is 0 Å². The lowest BCUT2D eigenvalue weighted by Gasteiger charge is -2.12. The van der Waals surface area contributed by atoms with Gasteiger partial charge in [-0.05, 0) is 12.0 Å².